The summed E-state index contributed by atoms with van der Waals surface area (Å²) in [5, 5.41) is 3.28. The van der Waals surface area contributed by atoms with Crippen molar-refractivity contribution in [2.45, 2.75) is 19.8 Å². The molecule has 0 bridgehead atoms. The summed E-state index contributed by atoms with van der Waals surface area (Å²) in [5.74, 6) is 0.309. The first kappa shape index (κ1) is 14.8. The minimum Gasteiger partial charge on any atom is -0.339 e. The first-order valence-electron chi connectivity index (χ1n) is 7.73. The summed E-state index contributed by atoms with van der Waals surface area (Å²) in [6, 6.07) is 0. The molecule has 0 spiro atoms. The molecule has 19 heavy (non-hydrogen) atoms. The molecule has 2 saturated heterocycles. The van der Waals surface area contributed by atoms with Gasteiger partial charge in [-0.3, -0.25) is 9.69 Å². The Balaban J connectivity index is 1.65. The molecule has 5 heteroatoms. The molecule has 2 aliphatic rings. The highest BCUT2D eigenvalue weighted by atomic mass is 16.2. The molecule has 0 atom stereocenters. The van der Waals surface area contributed by atoms with Gasteiger partial charge in [0.05, 0.1) is 6.54 Å². The van der Waals surface area contributed by atoms with Crippen LogP contribution >= 0.6 is 0 Å². The molecule has 1 amide bonds. The Bertz CT molecular complexity index is 271. The molecule has 2 rings (SSSR count). The normalized spacial score (nSPS) is 22.7. The van der Waals surface area contributed by atoms with Crippen LogP contribution in [0.25, 0.3) is 0 Å². The van der Waals surface area contributed by atoms with E-state index in [1.807, 2.05) is 4.90 Å². The lowest BCUT2D eigenvalue weighted by Gasteiger charge is -2.36. The Hall–Kier alpha value is -0.650. The van der Waals surface area contributed by atoms with Gasteiger partial charge in [0.1, 0.15) is 0 Å². The lowest BCUT2D eigenvalue weighted by Crippen LogP contribution is -2.53. The van der Waals surface area contributed by atoms with Gasteiger partial charge >= 0.3 is 0 Å². The highest BCUT2D eigenvalue weighted by Crippen LogP contribution is 2.04. The number of nitrogens with one attached hydrogen (secondary N) is 1. The summed E-state index contributed by atoms with van der Waals surface area (Å²) in [6.45, 7) is 12.0. The second-order valence-corrected chi connectivity index (χ2v) is 5.60. The van der Waals surface area contributed by atoms with Crippen LogP contribution in [-0.4, -0.2) is 86.1 Å². The molecule has 0 unspecified atom stereocenters. The Morgan fingerprint density at radius 3 is 2.26 bits per heavy atom. The lowest BCUT2D eigenvalue weighted by atomic mass is 10.2. The summed E-state index contributed by atoms with van der Waals surface area (Å²) in [7, 11) is 0. The van der Waals surface area contributed by atoms with Crippen LogP contribution in [0, 0.1) is 0 Å². The van der Waals surface area contributed by atoms with E-state index in [1.54, 1.807) is 0 Å². The number of carbonyl (C=O) groups is 1. The molecule has 2 aliphatic heterocycles. The fourth-order valence-electron chi connectivity index (χ4n) is 2.76. The molecule has 0 radical (unpaired) electrons. The topological polar surface area (TPSA) is 38.8 Å². The molecular formula is C14H28N4O. The van der Waals surface area contributed by atoms with E-state index in [1.165, 1.54) is 19.4 Å². The van der Waals surface area contributed by atoms with E-state index in [9.17, 15) is 4.79 Å². The SMILES string of the molecule is CCCCN1CCN(CC(=O)N2CCNCC2)CC1. The quantitative estimate of drug-likeness (QED) is 0.752. The molecule has 0 aromatic heterocycles. The van der Waals surface area contributed by atoms with Gasteiger partial charge in [0, 0.05) is 52.4 Å². The van der Waals surface area contributed by atoms with E-state index < -0.39 is 0 Å². The van der Waals surface area contributed by atoms with Crippen LogP contribution in [0.4, 0.5) is 0 Å². The van der Waals surface area contributed by atoms with Gasteiger partial charge in [-0.25, -0.2) is 0 Å². The van der Waals surface area contributed by atoms with Crippen LogP contribution in [0.3, 0.4) is 0 Å². The fraction of sp³-hybridized carbons (Fsp3) is 0.929. The minimum atomic E-state index is 0.309. The molecule has 1 N–H and O–H groups in total. The van der Waals surface area contributed by atoms with E-state index in [-0.39, 0.29) is 0 Å². The minimum absolute atomic E-state index is 0.309. The summed E-state index contributed by atoms with van der Waals surface area (Å²) in [6.07, 6.45) is 2.56. The van der Waals surface area contributed by atoms with E-state index in [4.69, 9.17) is 0 Å². The Morgan fingerprint density at radius 1 is 1.00 bits per heavy atom. The summed E-state index contributed by atoms with van der Waals surface area (Å²) in [5.41, 5.74) is 0. The van der Waals surface area contributed by atoms with Gasteiger partial charge in [-0.1, -0.05) is 13.3 Å². The van der Waals surface area contributed by atoms with Gasteiger partial charge in [-0.2, -0.15) is 0 Å². The Morgan fingerprint density at radius 2 is 1.63 bits per heavy atom. The average molecular weight is 268 g/mol. The van der Waals surface area contributed by atoms with Crippen molar-refractivity contribution in [1.82, 2.24) is 20.0 Å². The molecule has 0 aromatic rings. The van der Waals surface area contributed by atoms with Crippen molar-refractivity contribution < 1.29 is 4.79 Å². The van der Waals surface area contributed by atoms with Gasteiger partial charge in [0.25, 0.3) is 0 Å². The highest BCUT2D eigenvalue weighted by molar-refractivity contribution is 5.78. The van der Waals surface area contributed by atoms with E-state index in [2.05, 4.69) is 22.0 Å². The molecular weight excluding hydrogens is 240 g/mol. The van der Waals surface area contributed by atoms with Crippen molar-refractivity contribution in [2.24, 2.45) is 0 Å². The molecule has 0 aromatic carbocycles. The third kappa shape index (κ3) is 4.75. The fourth-order valence-corrected chi connectivity index (χ4v) is 2.76. The maximum absolute atomic E-state index is 12.2. The molecule has 2 heterocycles. The third-order valence-corrected chi connectivity index (χ3v) is 4.12. The van der Waals surface area contributed by atoms with Crippen molar-refractivity contribution in [2.75, 3.05) is 65.4 Å². The van der Waals surface area contributed by atoms with Crippen molar-refractivity contribution in [1.29, 1.82) is 0 Å². The first-order chi connectivity index (χ1) is 9.29. The maximum atomic E-state index is 12.2. The van der Waals surface area contributed by atoms with Crippen molar-refractivity contribution in [3.63, 3.8) is 0 Å². The second kappa shape index (κ2) is 7.82. The van der Waals surface area contributed by atoms with Crippen LogP contribution in [-0.2, 0) is 4.79 Å². The van der Waals surface area contributed by atoms with Crippen molar-refractivity contribution in [3.8, 4) is 0 Å². The zero-order valence-electron chi connectivity index (χ0n) is 12.2. The Kier molecular flexibility index (Phi) is 6.07. The number of amides is 1. The number of piperazine rings is 2. The predicted octanol–water partition coefficient (Wildman–Crippen LogP) is -0.164. The molecule has 0 saturated carbocycles. The Labute approximate surface area is 116 Å². The highest BCUT2D eigenvalue weighted by Gasteiger charge is 2.22. The average Bonchev–Trinajstić information content (AvgIpc) is 2.47. The second-order valence-electron chi connectivity index (χ2n) is 5.60. The summed E-state index contributed by atoms with van der Waals surface area (Å²) in [4.78, 5) is 19.0. The molecule has 5 nitrogen and oxygen atoms in total. The summed E-state index contributed by atoms with van der Waals surface area (Å²) >= 11 is 0. The molecule has 110 valence electrons. The number of rotatable bonds is 5. The maximum Gasteiger partial charge on any atom is 0.236 e. The van der Waals surface area contributed by atoms with Crippen LogP contribution < -0.4 is 5.32 Å². The van der Waals surface area contributed by atoms with Gasteiger partial charge in [0.2, 0.25) is 5.91 Å². The van der Waals surface area contributed by atoms with Crippen molar-refractivity contribution in [3.05, 3.63) is 0 Å². The van der Waals surface area contributed by atoms with Gasteiger partial charge in [0.15, 0.2) is 0 Å². The van der Waals surface area contributed by atoms with E-state index >= 15 is 0 Å². The lowest BCUT2D eigenvalue weighted by molar-refractivity contribution is -0.133. The monoisotopic (exact) mass is 268 g/mol. The molecule has 2 fully saturated rings. The van der Waals surface area contributed by atoms with Gasteiger partial charge in [-0.05, 0) is 13.0 Å². The first-order valence-corrected chi connectivity index (χ1v) is 7.73. The number of hydrogen-bond acceptors (Lipinski definition) is 4. The third-order valence-electron chi connectivity index (χ3n) is 4.12. The number of unbranched alkanes of at least 4 members (excludes halogenated alkanes) is 1. The molecule has 0 aliphatic carbocycles. The number of hydrogen-bond donors (Lipinski definition) is 1. The zero-order valence-corrected chi connectivity index (χ0v) is 12.2. The number of nitrogens with zero attached hydrogens (tertiary/aromatic N) is 3. The standard InChI is InChI=1S/C14H28N4O/c1-2-3-6-16-9-11-17(12-10-16)13-14(19)18-7-4-15-5-8-18/h15H,2-13H2,1H3. The number of carbonyl (C=O) groups excluding carboxylic acids is 1. The van der Waals surface area contributed by atoms with Crippen LogP contribution in [0.15, 0.2) is 0 Å². The zero-order chi connectivity index (χ0) is 13.5. The smallest absolute Gasteiger partial charge is 0.236 e. The van der Waals surface area contributed by atoms with Gasteiger partial charge in [-0.15, -0.1) is 0 Å². The van der Waals surface area contributed by atoms with E-state index in [0.29, 0.717) is 12.5 Å². The van der Waals surface area contributed by atoms with Gasteiger partial charge < -0.3 is 15.1 Å². The van der Waals surface area contributed by atoms with Crippen LogP contribution in [0.5, 0.6) is 0 Å². The largest absolute Gasteiger partial charge is 0.339 e. The summed E-state index contributed by atoms with van der Waals surface area (Å²) < 4.78 is 0. The van der Waals surface area contributed by atoms with Crippen LogP contribution in [0.1, 0.15) is 19.8 Å². The predicted molar refractivity (Wildman–Crippen MR) is 77.2 cm³/mol. The van der Waals surface area contributed by atoms with Crippen molar-refractivity contribution >= 4 is 5.91 Å². The van der Waals surface area contributed by atoms with E-state index in [0.717, 1.165) is 52.4 Å². The van der Waals surface area contributed by atoms with Crippen LogP contribution in [0.2, 0.25) is 0 Å².